The number of hydrogen-bond acceptors (Lipinski definition) is 3. The van der Waals surface area contributed by atoms with Crippen LogP contribution in [0.25, 0.3) is 44.4 Å². The first kappa shape index (κ1) is 35.3. The highest BCUT2D eigenvalue weighted by atomic mass is 16.5. The van der Waals surface area contributed by atoms with Gasteiger partial charge in [0.05, 0.1) is 22.9 Å². The van der Waals surface area contributed by atoms with Crippen LogP contribution in [-0.4, -0.2) is 19.3 Å². The van der Waals surface area contributed by atoms with Crippen LogP contribution in [-0.2, 0) is 19.3 Å². The summed E-state index contributed by atoms with van der Waals surface area (Å²) in [4.78, 5) is 4.74. The maximum Gasteiger partial charge on any atom is 0.137 e. The first-order valence-electron chi connectivity index (χ1n) is 19.2. The molecule has 0 unspecified atom stereocenters. The Morgan fingerprint density at radius 2 is 1.40 bits per heavy atom. The number of hydrogen-bond donors (Lipinski definition) is 0. The van der Waals surface area contributed by atoms with Crippen LogP contribution in [0.1, 0.15) is 107 Å². The van der Waals surface area contributed by atoms with E-state index in [-0.39, 0.29) is 0 Å². The van der Waals surface area contributed by atoms with Crippen LogP contribution in [0.4, 0.5) is 0 Å². The number of aryl methyl sites for hydroxylation is 1. The van der Waals surface area contributed by atoms with E-state index in [4.69, 9.17) is 14.8 Å². The molecule has 266 valence electrons. The van der Waals surface area contributed by atoms with E-state index in [2.05, 4.69) is 133 Å². The second-order valence-electron chi connectivity index (χ2n) is 14.8. The van der Waals surface area contributed by atoms with Crippen LogP contribution in [0.3, 0.4) is 0 Å². The molecular formula is C47H52N4O. The van der Waals surface area contributed by atoms with Crippen LogP contribution in [0.15, 0.2) is 97.5 Å². The highest BCUT2D eigenvalue weighted by Gasteiger charge is 2.27. The molecule has 0 bridgehead atoms. The smallest absolute Gasteiger partial charge is 0.137 e. The van der Waals surface area contributed by atoms with Gasteiger partial charge in [0.1, 0.15) is 17.3 Å². The molecule has 0 aliphatic carbocycles. The van der Waals surface area contributed by atoms with Gasteiger partial charge >= 0.3 is 0 Å². The Balaban J connectivity index is 1.28. The molecule has 52 heavy (non-hydrogen) atoms. The number of fused-ring (bicyclic) bond motifs is 3. The van der Waals surface area contributed by atoms with Crippen molar-refractivity contribution in [1.82, 2.24) is 19.3 Å². The number of nitrogens with zero attached hydrogens (tertiary/aromatic N) is 4. The number of benzene rings is 4. The van der Waals surface area contributed by atoms with Crippen LogP contribution in [0, 0.1) is 6.92 Å². The standard InChI is InChI=1S/C47H52N4O/c1-9-15-38-37(11-3)45(30(4)5)47(46(31(6)7)41(38)16-10-2)33-28-49-50(29-33)34-17-14-18-35(26-34)52-36-21-22-40-39-19-12-13-20-42(39)51(43(40)27-36)44-25-32(8)23-24-48-44/h12-14,17-31H,9-11,15-16H2,1-8H3. The molecule has 0 radical (unpaired) electrons. The zero-order valence-corrected chi connectivity index (χ0v) is 32.1. The van der Waals surface area contributed by atoms with E-state index in [1.807, 2.05) is 29.1 Å². The molecule has 7 rings (SSSR count). The fourth-order valence-corrected chi connectivity index (χ4v) is 8.35. The van der Waals surface area contributed by atoms with Gasteiger partial charge in [-0.05, 0) is 119 Å². The van der Waals surface area contributed by atoms with Crippen LogP contribution >= 0.6 is 0 Å². The Labute approximate surface area is 309 Å². The molecule has 4 aromatic carbocycles. The van der Waals surface area contributed by atoms with Gasteiger partial charge in [-0.2, -0.15) is 5.10 Å². The van der Waals surface area contributed by atoms with Crippen molar-refractivity contribution in [1.29, 1.82) is 0 Å². The van der Waals surface area contributed by atoms with Gasteiger partial charge in [0.2, 0.25) is 0 Å². The summed E-state index contributed by atoms with van der Waals surface area (Å²) >= 11 is 0. The van der Waals surface area contributed by atoms with Gasteiger partial charge in [0, 0.05) is 40.9 Å². The van der Waals surface area contributed by atoms with Gasteiger partial charge in [-0.25, -0.2) is 9.67 Å². The van der Waals surface area contributed by atoms with Gasteiger partial charge < -0.3 is 4.74 Å². The maximum atomic E-state index is 6.59. The van der Waals surface area contributed by atoms with Crippen molar-refractivity contribution >= 4 is 21.8 Å². The molecule has 0 atom stereocenters. The minimum atomic E-state index is 0.409. The number of para-hydroxylation sites is 1. The molecule has 7 aromatic rings. The van der Waals surface area contributed by atoms with E-state index in [0.29, 0.717) is 11.8 Å². The van der Waals surface area contributed by atoms with E-state index < -0.39 is 0 Å². The number of aromatic nitrogens is 4. The third-order valence-corrected chi connectivity index (χ3v) is 10.4. The van der Waals surface area contributed by atoms with Crippen molar-refractivity contribution in [2.24, 2.45) is 0 Å². The molecule has 0 aliphatic rings. The van der Waals surface area contributed by atoms with Crippen molar-refractivity contribution in [3.63, 3.8) is 0 Å². The van der Waals surface area contributed by atoms with Gasteiger partial charge in [-0.3, -0.25) is 4.57 Å². The summed E-state index contributed by atoms with van der Waals surface area (Å²) in [5.74, 6) is 3.25. The summed E-state index contributed by atoms with van der Waals surface area (Å²) < 4.78 is 10.8. The molecule has 0 fully saturated rings. The van der Waals surface area contributed by atoms with Crippen molar-refractivity contribution in [3.8, 4) is 34.1 Å². The zero-order chi connectivity index (χ0) is 36.5. The van der Waals surface area contributed by atoms with Gasteiger partial charge in [0.25, 0.3) is 0 Å². The summed E-state index contributed by atoms with van der Waals surface area (Å²) in [6, 6.07) is 27.2. The van der Waals surface area contributed by atoms with E-state index in [1.54, 1.807) is 16.7 Å². The largest absolute Gasteiger partial charge is 0.457 e. The minimum Gasteiger partial charge on any atom is -0.457 e. The van der Waals surface area contributed by atoms with Crippen molar-refractivity contribution in [2.75, 3.05) is 0 Å². The molecule has 0 aliphatic heterocycles. The van der Waals surface area contributed by atoms with Crippen LogP contribution in [0.2, 0.25) is 0 Å². The predicted molar refractivity (Wildman–Crippen MR) is 218 cm³/mol. The Bertz CT molecular complexity index is 2370. The van der Waals surface area contributed by atoms with Gasteiger partial charge in [-0.15, -0.1) is 0 Å². The Hall–Kier alpha value is -5.16. The first-order valence-corrected chi connectivity index (χ1v) is 19.2. The SMILES string of the molecule is CCCc1c(CC)c(C(C)C)c(-c2cnn(-c3cccc(Oc4ccc5c6ccccc6n(-c6cc(C)ccn6)c5c4)c3)c2)c(C(C)C)c1CCC. The lowest BCUT2D eigenvalue weighted by atomic mass is 9.75. The van der Waals surface area contributed by atoms with Crippen LogP contribution < -0.4 is 4.74 Å². The summed E-state index contributed by atoms with van der Waals surface area (Å²) in [5.41, 5.74) is 14.7. The summed E-state index contributed by atoms with van der Waals surface area (Å²) in [7, 11) is 0. The Morgan fingerprint density at radius 3 is 2.13 bits per heavy atom. The fourth-order valence-electron chi connectivity index (χ4n) is 8.35. The first-order chi connectivity index (χ1) is 25.2. The van der Waals surface area contributed by atoms with Crippen molar-refractivity contribution < 1.29 is 4.74 Å². The third-order valence-electron chi connectivity index (χ3n) is 10.4. The van der Waals surface area contributed by atoms with Crippen molar-refractivity contribution in [3.05, 3.63) is 131 Å². The lowest BCUT2D eigenvalue weighted by Crippen LogP contribution is -2.13. The van der Waals surface area contributed by atoms with E-state index >= 15 is 0 Å². The Kier molecular flexibility index (Phi) is 10.1. The monoisotopic (exact) mass is 688 g/mol. The molecular weight excluding hydrogens is 637 g/mol. The van der Waals surface area contributed by atoms with E-state index in [9.17, 15) is 0 Å². The average Bonchev–Trinajstić information content (AvgIpc) is 3.75. The molecule has 3 heterocycles. The highest BCUT2D eigenvalue weighted by Crippen LogP contribution is 2.44. The third kappa shape index (κ3) is 6.42. The van der Waals surface area contributed by atoms with E-state index in [0.717, 1.165) is 66.1 Å². The second-order valence-corrected chi connectivity index (χ2v) is 14.8. The summed E-state index contributed by atoms with van der Waals surface area (Å²) in [5, 5.41) is 7.33. The normalized spacial score (nSPS) is 11.8. The quantitative estimate of drug-likeness (QED) is 0.128. The van der Waals surface area contributed by atoms with Gasteiger partial charge in [-0.1, -0.05) is 85.6 Å². The molecule has 0 amide bonds. The Morgan fingerprint density at radius 1 is 0.692 bits per heavy atom. The lowest BCUT2D eigenvalue weighted by Gasteiger charge is -2.29. The number of rotatable bonds is 12. The lowest BCUT2D eigenvalue weighted by molar-refractivity contribution is 0.483. The molecule has 0 saturated heterocycles. The molecule has 0 spiro atoms. The number of pyridine rings is 1. The highest BCUT2D eigenvalue weighted by molar-refractivity contribution is 6.09. The minimum absolute atomic E-state index is 0.409. The molecule has 5 nitrogen and oxygen atoms in total. The second kappa shape index (κ2) is 14.8. The predicted octanol–water partition coefficient (Wildman–Crippen LogP) is 12.8. The molecule has 0 saturated carbocycles. The maximum absolute atomic E-state index is 6.59. The molecule has 5 heteroatoms. The van der Waals surface area contributed by atoms with Gasteiger partial charge in [0.15, 0.2) is 0 Å². The van der Waals surface area contributed by atoms with Crippen molar-refractivity contribution in [2.45, 2.75) is 99.3 Å². The molecule has 0 N–H and O–H groups in total. The summed E-state index contributed by atoms with van der Waals surface area (Å²) in [6.07, 6.45) is 11.8. The van der Waals surface area contributed by atoms with E-state index in [1.165, 1.54) is 38.6 Å². The summed E-state index contributed by atoms with van der Waals surface area (Å²) in [6.45, 7) is 18.5. The molecule has 3 aromatic heterocycles. The average molecular weight is 689 g/mol. The topological polar surface area (TPSA) is 44.9 Å². The van der Waals surface area contributed by atoms with Crippen LogP contribution in [0.5, 0.6) is 11.5 Å². The number of ether oxygens (including phenoxy) is 1. The fraction of sp³-hybridized carbons (Fsp3) is 0.319. The zero-order valence-electron chi connectivity index (χ0n) is 32.1.